The summed E-state index contributed by atoms with van der Waals surface area (Å²) in [7, 11) is 0. The highest BCUT2D eigenvalue weighted by Gasteiger charge is 2.46. The Labute approximate surface area is 108 Å². The monoisotopic (exact) mass is 273 g/mol. The molecule has 104 valence electrons. The maximum Gasteiger partial charge on any atom is 0.393 e. The van der Waals surface area contributed by atoms with E-state index in [-0.39, 0.29) is 12.1 Å². The van der Waals surface area contributed by atoms with Crippen LogP contribution in [0.25, 0.3) is 0 Å². The Hall–Kier alpha value is -1.66. The zero-order chi connectivity index (χ0) is 13.9. The van der Waals surface area contributed by atoms with E-state index in [1.165, 1.54) is 18.6 Å². The molecule has 1 aliphatic rings. The predicted octanol–water partition coefficient (Wildman–Crippen LogP) is 2.33. The largest absolute Gasteiger partial charge is 0.393 e. The number of hydrogen-bond acceptors (Lipinski definition) is 3. The van der Waals surface area contributed by atoms with Crippen molar-refractivity contribution < 1.29 is 18.0 Å². The molecule has 1 amide bonds. The van der Waals surface area contributed by atoms with E-state index in [4.69, 9.17) is 0 Å². The molecular weight excluding hydrogens is 259 g/mol. The van der Waals surface area contributed by atoms with Gasteiger partial charge in [-0.05, 0) is 12.8 Å². The summed E-state index contributed by atoms with van der Waals surface area (Å²) < 4.78 is 38.6. The molecule has 19 heavy (non-hydrogen) atoms. The molecule has 7 heteroatoms. The fraction of sp³-hybridized carbons (Fsp3) is 0.583. The quantitative estimate of drug-likeness (QED) is 0.899. The minimum atomic E-state index is -4.28. The van der Waals surface area contributed by atoms with Gasteiger partial charge in [-0.1, -0.05) is 12.8 Å². The molecule has 4 nitrogen and oxygen atoms in total. The fourth-order valence-corrected chi connectivity index (χ4v) is 2.35. The molecule has 2 atom stereocenters. The van der Waals surface area contributed by atoms with Gasteiger partial charge in [-0.2, -0.15) is 13.2 Å². The van der Waals surface area contributed by atoms with Crippen molar-refractivity contribution in [2.24, 2.45) is 5.92 Å². The molecule has 1 fully saturated rings. The van der Waals surface area contributed by atoms with Crippen LogP contribution in [0.4, 0.5) is 13.2 Å². The number of carbonyl (C=O) groups excluding carboxylic acids is 1. The molecule has 1 aliphatic carbocycles. The molecule has 0 unspecified atom stereocenters. The molecule has 1 heterocycles. The summed E-state index contributed by atoms with van der Waals surface area (Å²) in [6.07, 6.45) is 1.33. The second-order valence-electron chi connectivity index (χ2n) is 4.60. The standard InChI is InChI=1S/C12H14F3N3O/c13-12(14,15)8-3-1-2-4-9(8)18-11(19)10-7-16-5-6-17-10/h5-9H,1-4H2,(H,18,19)/t8-,9+/m1/s1. The van der Waals surface area contributed by atoms with E-state index < -0.39 is 24.0 Å². The number of nitrogens with one attached hydrogen (secondary N) is 1. The smallest absolute Gasteiger partial charge is 0.347 e. The maximum absolute atomic E-state index is 12.9. The van der Waals surface area contributed by atoms with Crippen LogP contribution in [0, 0.1) is 5.92 Å². The molecule has 1 N–H and O–H groups in total. The number of carbonyl (C=O) groups is 1. The van der Waals surface area contributed by atoms with E-state index in [0.29, 0.717) is 19.3 Å². The Morgan fingerprint density at radius 3 is 2.63 bits per heavy atom. The van der Waals surface area contributed by atoms with Crippen LogP contribution in [0.1, 0.15) is 36.2 Å². The summed E-state index contributed by atoms with van der Waals surface area (Å²) in [4.78, 5) is 19.3. The summed E-state index contributed by atoms with van der Waals surface area (Å²) >= 11 is 0. The molecule has 0 aliphatic heterocycles. The number of amides is 1. The van der Waals surface area contributed by atoms with E-state index in [1.807, 2.05) is 0 Å². The van der Waals surface area contributed by atoms with Crippen LogP contribution in [0.3, 0.4) is 0 Å². The minimum Gasteiger partial charge on any atom is -0.347 e. The molecule has 1 aromatic rings. The predicted molar refractivity (Wildman–Crippen MR) is 61.3 cm³/mol. The number of alkyl halides is 3. The van der Waals surface area contributed by atoms with Crippen molar-refractivity contribution in [3.63, 3.8) is 0 Å². The third-order valence-electron chi connectivity index (χ3n) is 3.30. The SMILES string of the molecule is O=C(N[C@H]1CCCC[C@H]1C(F)(F)F)c1cnccn1. The average Bonchev–Trinajstić information content (AvgIpc) is 2.39. The van der Waals surface area contributed by atoms with Crippen LogP contribution in [-0.4, -0.2) is 28.1 Å². The Balaban J connectivity index is 2.06. The first-order chi connectivity index (χ1) is 8.98. The number of nitrogens with zero attached hydrogens (tertiary/aromatic N) is 2. The van der Waals surface area contributed by atoms with Gasteiger partial charge < -0.3 is 5.32 Å². The van der Waals surface area contributed by atoms with E-state index in [1.54, 1.807) is 0 Å². The topological polar surface area (TPSA) is 54.9 Å². The van der Waals surface area contributed by atoms with Crippen LogP contribution >= 0.6 is 0 Å². The van der Waals surface area contributed by atoms with Crippen molar-refractivity contribution in [3.8, 4) is 0 Å². The third kappa shape index (κ3) is 3.42. The van der Waals surface area contributed by atoms with Gasteiger partial charge in [-0.3, -0.25) is 9.78 Å². The van der Waals surface area contributed by atoms with Crippen molar-refractivity contribution in [3.05, 3.63) is 24.3 Å². The Morgan fingerprint density at radius 1 is 1.26 bits per heavy atom. The van der Waals surface area contributed by atoms with Crippen molar-refractivity contribution in [1.29, 1.82) is 0 Å². The molecule has 1 saturated carbocycles. The van der Waals surface area contributed by atoms with E-state index in [9.17, 15) is 18.0 Å². The van der Waals surface area contributed by atoms with Crippen LogP contribution in [0.2, 0.25) is 0 Å². The number of halogens is 3. The summed E-state index contributed by atoms with van der Waals surface area (Å²) in [5.41, 5.74) is 0.0361. The van der Waals surface area contributed by atoms with Crippen molar-refractivity contribution in [2.75, 3.05) is 0 Å². The lowest BCUT2D eigenvalue weighted by molar-refractivity contribution is -0.187. The van der Waals surface area contributed by atoms with Gasteiger partial charge in [0.25, 0.3) is 5.91 Å². The molecule has 0 radical (unpaired) electrons. The van der Waals surface area contributed by atoms with Gasteiger partial charge in [0, 0.05) is 18.4 Å². The minimum absolute atomic E-state index is 0.0361. The zero-order valence-corrected chi connectivity index (χ0v) is 10.2. The van der Waals surface area contributed by atoms with Gasteiger partial charge >= 0.3 is 6.18 Å². The van der Waals surface area contributed by atoms with Crippen molar-refractivity contribution >= 4 is 5.91 Å². The highest BCUT2D eigenvalue weighted by atomic mass is 19.4. The second kappa shape index (κ2) is 5.54. The summed E-state index contributed by atoms with van der Waals surface area (Å²) in [6, 6.07) is -0.872. The van der Waals surface area contributed by atoms with Gasteiger partial charge in [-0.15, -0.1) is 0 Å². The Kier molecular flexibility index (Phi) is 4.01. The van der Waals surface area contributed by atoms with Gasteiger partial charge in [0.1, 0.15) is 5.69 Å². The van der Waals surface area contributed by atoms with E-state index in [0.717, 1.165) is 0 Å². The van der Waals surface area contributed by atoms with Crippen LogP contribution < -0.4 is 5.32 Å². The van der Waals surface area contributed by atoms with Crippen molar-refractivity contribution in [2.45, 2.75) is 37.9 Å². The average molecular weight is 273 g/mol. The molecule has 0 saturated heterocycles. The number of aromatic nitrogens is 2. The Morgan fingerprint density at radius 2 is 2.00 bits per heavy atom. The summed E-state index contributed by atoms with van der Waals surface area (Å²) in [6.45, 7) is 0. The molecular formula is C12H14F3N3O. The first-order valence-corrected chi connectivity index (χ1v) is 6.12. The van der Waals surface area contributed by atoms with Crippen LogP contribution in [-0.2, 0) is 0 Å². The van der Waals surface area contributed by atoms with Gasteiger partial charge in [0.05, 0.1) is 12.1 Å². The van der Waals surface area contributed by atoms with Crippen LogP contribution in [0.5, 0.6) is 0 Å². The molecule has 0 spiro atoms. The molecule has 0 bridgehead atoms. The van der Waals surface area contributed by atoms with E-state index in [2.05, 4.69) is 15.3 Å². The maximum atomic E-state index is 12.9. The lowest BCUT2D eigenvalue weighted by atomic mass is 9.84. The lowest BCUT2D eigenvalue weighted by Gasteiger charge is -2.33. The third-order valence-corrected chi connectivity index (χ3v) is 3.30. The zero-order valence-electron chi connectivity index (χ0n) is 10.2. The second-order valence-corrected chi connectivity index (χ2v) is 4.60. The van der Waals surface area contributed by atoms with Gasteiger partial charge in [0.15, 0.2) is 0 Å². The highest BCUT2D eigenvalue weighted by molar-refractivity contribution is 5.92. The van der Waals surface area contributed by atoms with Crippen LogP contribution in [0.15, 0.2) is 18.6 Å². The normalized spacial score (nSPS) is 23.9. The molecule has 2 rings (SSSR count). The molecule has 1 aromatic heterocycles. The number of rotatable bonds is 2. The fourth-order valence-electron chi connectivity index (χ4n) is 2.35. The summed E-state index contributed by atoms with van der Waals surface area (Å²) in [5, 5.41) is 2.43. The first-order valence-electron chi connectivity index (χ1n) is 6.12. The molecule has 0 aromatic carbocycles. The Bertz CT molecular complexity index is 436. The van der Waals surface area contributed by atoms with Crippen molar-refractivity contribution in [1.82, 2.24) is 15.3 Å². The summed E-state index contributed by atoms with van der Waals surface area (Å²) in [5.74, 6) is -2.07. The first kappa shape index (κ1) is 13.8. The highest BCUT2D eigenvalue weighted by Crippen LogP contribution is 2.37. The van der Waals surface area contributed by atoms with Gasteiger partial charge in [-0.25, -0.2) is 4.98 Å². The number of hydrogen-bond donors (Lipinski definition) is 1. The lowest BCUT2D eigenvalue weighted by Crippen LogP contribution is -2.47. The van der Waals surface area contributed by atoms with E-state index >= 15 is 0 Å². The van der Waals surface area contributed by atoms with Gasteiger partial charge in [0.2, 0.25) is 0 Å².